The van der Waals surface area contributed by atoms with Crippen molar-refractivity contribution in [3.63, 3.8) is 0 Å². The second-order valence-corrected chi connectivity index (χ2v) is 5.48. The first-order valence-corrected chi connectivity index (χ1v) is 6.92. The Morgan fingerprint density at radius 3 is 2.33 bits per heavy atom. The van der Waals surface area contributed by atoms with Crippen molar-refractivity contribution in [2.75, 3.05) is 5.32 Å². The van der Waals surface area contributed by atoms with Crippen LogP contribution >= 0.6 is 11.3 Å². The number of hydrogen-bond acceptors (Lipinski definition) is 3. The van der Waals surface area contributed by atoms with E-state index in [1.807, 2.05) is 23.9 Å². The van der Waals surface area contributed by atoms with Gasteiger partial charge in [-0.25, -0.2) is 4.79 Å². The standard InChI is InChI=1S/C14H14N2O3S.ClH/c1-9-10(2)20-8-16(9)7-13(17)15-12-5-3-11(4-6-12)14(18)19;/h3-6,8H,7H2,1-2H3,(H-,15,17,18,19);1H. The van der Waals surface area contributed by atoms with E-state index in [9.17, 15) is 9.59 Å². The molecule has 0 aliphatic carbocycles. The zero-order valence-corrected chi connectivity index (χ0v) is 13.2. The van der Waals surface area contributed by atoms with Gasteiger partial charge in [0.25, 0.3) is 5.91 Å². The summed E-state index contributed by atoms with van der Waals surface area (Å²) in [5.74, 6) is -1.12. The predicted molar refractivity (Wildman–Crippen MR) is 76.0 cm³/mol. The molecule has 21 heavy (non-hydrogen) atoms. The van der Waals surface area contributed by atoms with E-state index < -0.39 is 5.97 Å². The Hall–Kier alpha value is -1.92. The molecule has 0 aliphatic rings. The fraction of sp³-hybridized carbons (Fsp3) is 0.214. The van der Waals surface area contributed by atoms with Gasteiger partial charge >= 0.3 is 5.97 Å². The number of nitrogens with one attached hydrogen (secondary N) is 1. The van der Waals surface area contributed by atoms with Crippen LogP contribution in [0.1, 0.15) is 20.9 Å². The third kappa shape index (κ3) is 4.27. The van der Waals surface area contributed by atoms with E-state index >= 15 is 0 Å². The minimum Gasteiger partial charge on any atom is -1.00 e. The lowest BCUT2D eigenvalue weighted by atomic mass is 10.2. The van der Waals surface area contributed by atoms with Crippen molar-refractivity contribution in [3.8, 4) is 0 Å². The molecule has 2 N–H and O–H groups in total. The Labute approximate surface area is 132 Å². The number of halogens is 1. The fourth-order valence-corrected chi connectivity index (χ4v) is 2.52. The average Bonchev–Trinajstić information content (AvgIpc) is 2.71. The number of nitrogens with zero attached hydrogens (tertiary/aromatic N) is 1. The number of aromatic carboxylic acids is 1. The maximum absolute atomic E-state index is 11.9. The van der Waals surface area contributed by atoms with Gasteiger partial charge in [0.1, 0.15) is 0 Å². The van der Waals surface area contributed by atoms with Crippen molar-refractivity contribution in [3.05, 3.63) is 45.9 Å². The summed E-state index contributed by atoms with van der Waals surface area (Å²) in [4.78, 5) is 23.8. The number of aromatic nitrogens is 1. The summed E-state index contributed by atoms with van der Waals surface area (Å²) >= 11 is 1.60. The first-order chi connectivity index (χ1) is 9.47. The first kappa shape index (κ1) is 17.1. The third-order valence-electron chi connectivity index (χ3n) is 3.03. The molecule has 0 atom stereocenters. The van der Waals surface area contributed by atoms with E-state index in [4.69, 9.17) is 5.11 Å². The smallest absolute Gasteiger partial charge is 0.335 e. The van der Waals surface area contributed by atoms with Crippen LogP contribution in [0, 0.1) is 13.8 Å². The van der Waals surface area contributed by atoms with Crippen molar-refractivity contribution in [1.82, 2.24) is 0 Å². The lowest BCUT2D eigenvalue weighted by Crippen LogP contribution is -3.00. The summed E-state index contributed by atoms with van der Waals surface area (Å²) in [5, 5.41) is 11.5. The predicted octanol–water partition coefficient (Wildman–Crippen LogP) is -1.01. The van der Waals surface area contributed by atoms with E-state index in [0.717, 1.165) is 5.69 Å². The fourth-order valence-electron chi connectivity index (χ4n) is 1.72. The maximum Gasteiger partial charge on any atom is 0.335 e. The van der Waals surface area contributed by atoms with Gasteiger partial charge < -0.3 is 22.8 Å². The van der Waals surface area contributed by atoms with E-state index in [1.54, 1.807) is 23.5 Å². The molecule has 5 nitrogen and oxygen atoms in total. The summed E-state index contributed by atoms with van der Waals surface area (Å²) in [7, 11) is 0. The van der Waals surface area contributed by atoms with Gasteiger partial charge in [-0.3, -0.25) is 4.79 Å². The number of carbonyl (C=O) groups excluding carboxylic acids is 1. The van der Waals surface area contributed by atoms with Gasteiger partial charge in [0.15, 0.2) is 5.69 Å². The Morgan fingerprint density at radius 1 is 1.24 bits per heavy atom. The Kier molecular flexibility index (Phi) is 5.87. The van der Waals surface area contributed by atoms with Crippen LogP contribution in [-0.4, -0.2) is 17.0 Å². The van der Waals surface area contributed by atoms with Crippen LogP contribution in [0.2, 0.25) is 0 Å². The zero-order chi connectivity index (χ0) is 14.7. The molecule has 0 spiro atoms. The van der Waals surface area contributed by atoms with Crippen LogP contribution in [0.25, 0.3) is 0 Å². The Bertz CT molecular complexity index is 653. The van der Waals surface area contributed by atoms with Crippen LogP contribution in [0.15, 0.2) is 29.8 Å². The molecule has 1 aromatic carbocycles. The summed E-state index contributed by atoms with van der Waals surface area (Å²) in [6.45, 7) is 4.23. The highest BCUT2D eigenvalue weighted by molar-refractivity contribution is 7.09. The first-order valence-electron chi connectivity index (χ1n) is 6.04. The summed E-state index contributed by atoms with van der Waals surface area (Å²) < 4.78 is 1.89. The number of carboxylic acids is 1. The van der Waals surface area contributed by atoms with Gasteiger partial charge in [0.2, 0.25) is 12.1 Å². The van der Waals surface area contributed by atoms with E-state index in [1.165, 1.54) is 17.0 Å². The summed E-state index contributed by atoms with van der Waals surface area (Å²) in [5.41, 5.74) is 3.77. The number of amides is 1. The van der Waals surface area contributed by atoms with Crippen molar-refractivity contribution in [2.24, 2.45) is 0 Å². The molecule has 0 saturated carbocycles. The lowest BCUT2D eigenvalue weighted by molar-refractivity contribution is -0.685. The number of rotatable bonds is 4. The van der Waals surface area contributed by atoms with Gasteiger partial charge in [-0.2, -0.15) is 4.57 Å². The number of aryl methyl sites for hydroxylation is 1. The molecule has 0 radical (unpaired) electrons. The average molecular weight is 327 g/mol. The molecule has 1 heterocycles. The maximum atomic E-state index is 11.9. The lowest BCUT2D eigenvalue weighted by Gasteiger charge is -2.03. The highest BCUT2D eigenvalue weighted by Gasteiger charge is 2.16. The Balaban J connectivity index is 0.00000220. The molecule has 7 heteroatoms. The number of carboxylic acid groups (broad SMARTS) is 1. The van der Waals surface area contributed by atoms with Crippen molar-refractivity contribution < 1.29 is 31.7 Å². The van der Waals surface area contributed by atoms with Crippen LogP contribution in [-0.2, 0) is 11.3 Å². The number of thiazole rings is 1. The van der Waals surface area contributed by atoms with Gasteiger partial charge in [0, 0.05) is 12.6 Å². The minimum atomic E-state index is -0.984. The number of anilines is 1. The molecule has 2 aromatic rings. The second-order valence-electron chi connectivity index (χ2n) is 4.42. The van der Waals surface area contributed by atoms with Crippen LogP contribution in [0.4, 0.5) is 5.69 Å². The van der Waals surface area contributed by atoms with Crippen molar-refractivity contribution in [2.45, 2.75) is 20.4 Å². The largest absolute Gasteiger partial charge is 1.00 e. The van der Waals surface area contributed by atoms with Crippen molar-refractivity contribution >= 4 is 28.9 Å². The minimum absolute atomic E-state index is 0. The molecular weight excluding hydrogens is 312 g/mol. The molecule has 1 amide bonds. The molecule has 0 fully saturated rings. The van der Waals surface area contributed by atoms with E-state index in [2.05, 4.69) is 5.32 Å². The van der Waals surface area contributed by atoms with Crippen LogP contribution in [0.3, 0.4) is 0 Å². The number of hydrogen-bond donors (Lipinski definition) is 2. The third-order valence-corrected chi connectivity index (χ3v) is 4.04. The SMILES string of the molecule is Cc1sc[n+](CC(=O)Nc2ccc(C(=O)O)cc2)c1C.[Cl-]. The number of carbonyl (C=O) groups is 2. The van der Waals surface area contributed by atoms with E-state index in [0.29, 0.717) is 5.69 Å². The van der Waals surface area contributed by atoms with Crippen LogP contribution < -0.4 is 22.3 Å². The molecule has 0 unspecified atom stereocenters. The molecule has 1 aromatic heterocycles. The van der Waals surface area contributed by atoms with Gasteiger partial charge in [-0.15, -0.1) is 0 Å². The quantitative estimate of drug-likeness (QED) is 0.708. The molecule has 0 bridgehead atoms. The Morgan fingerprint density at radius 2 is 1.86 bits per heavy atom. The highest BCUT2D eigenvalue weighted by atomic mass is 35.5. The number of benzene rings is 1. The van der Waals surface area contributed by atoms with E-state index in [-0.39, 0.29) is 30.4 Å². The normalized spacial score (nSPS) is 9.81. The zero-order valence-electron chi connectivity index (χ0n) is 11.6. The molecule has 112 valence electrons. The van der Waals surface area contributed by atoms with Gasteiger partial charge in [-0.1, -0.05) is 11.3 Å². The van der Waals surface area contributed by atoms with Crippen molar-refractivity contribution in [1.29, 1.82) is 0 Å². The summed E-state index contributed by atoms with van der Waals surface area (Å²) in [6, 6.07) is 6.09. The molecule has 0 saturated heterocycles. The van der Waals surface area contributed by atoms with Crippen LogP contribution in [0.5, 0.6) is 0 Å². The van der Waals surface area contributed by atoms with Gasteiger partial charge in [-0.05, 0) is 31.2 Å². The monoisotopic (exact) mass is 326 g/mol. The molecular formula is C14H15ClN2O3S. The molecule has 0 aliphatic heterocycles. The highest BCUT2D eigenvalue weighted by Crippen LogP contribution is 2.10. The topological polar surface area (TPSA) is 70.3 Å². The molecule has 2 rings (SSSR count). The van der Waals surface area contributed by atoms with Gasteiger partial charge in [0.05, 0.1) is 10.4 Å². The second kappa shape index (κ2) is 7.19. The summed E-state index contributed by atoms with van der Waals surface area (Å²) in [6.07, 6.45) is 0.